The molecular weight excluding hydrogens is 216 g/mol. The number of Topliss-reactive ketones (excluding diaryl/α,β-unsaturated/α-hetero) is 1. The quantitative estimate of drug-likeness (QED) is 0.813. The fraction of sp³-hybridized carbons (Fsp3) is 0.500. The predicted molar refractivity (Wildman–Crippen MR) is 65.6 cm³/mol. The van der Waals surface area contributed by atoms with Crippen LogP contribution in [0.15, 0.2) is 12.1 Å². The van der Waals surface area contributed by atoms with Gasteiger partial charge in [0.25, 0.3) is 0 Å². The van der Waals surface area contributed by atoms with Crippen molar-refractivity contribution in [3.05, 3.63) is 28.8 Å². The first-order valence-corrected chi connectivity index (χ1v) is 5.85. The van der Waals surface area contributed by atoms with Crippen molar-refractivity contribution in [2.75, 3.05) is 13.7 Å². The molecule has 0 aliphatic heterocycles. The van der Waals surface area contributed by atoms with Crippen LogP contribution >= 0.6 is 0 Å². The average Bonchev–Trinajstić information content (AvgIpc) is 3.08. The molecular formula is C14H18O3. The Morgan fingerprint density at radius 3 is 2.24 bits per heavy atom. The zero-order chi connectivity index (χ0) is 12.6. The summed E-state index contributed by atoms with van der Waals surface area (Å²) >= 11 is 0. The van der Waals surface area contributed by atoms with Gasteiger partial charge in [0, 0.05) is 5.56 Å². The zero-order valence-electron chi connectivity index (χ0n) is 10.5. The number of carbonyl (C=O) groups excluding carboxylic acids is 1. The van der Waals surface area contributed by atoms with Crippen LogP contribution in [0.1, 0.15) is 34.3 Å². The van der Waals surface area contributed by atoms with E-state index in [0.717, 1.165) is 29.7 Å². The van der Waals surface area contributed by atoms with Crippen LogP contribution in [0.5, 0.6) is 5.75 Å². The van der Waals surface area contributed by atoms with Gasteiger partial charge in [0.05, 0.1) is 19.1 Å². The minimum absolute atomic E-state index is 0.0457. The third kappa shape index (κ3) is 1.95. The maximum Gasteiger partial charge on any atom is 0.171 e. The summed E-state index contributed by atoms with van der Waals surface area (Å²) in [5.41, 5.74) is 2.12. The fourth-order valence-electron chi connectivity index (χ4n) is 2.32. The number of aliphatic hydroxyl groups is 1. The van der Waals surface area contributed by atoms with Gasteiger partial charge in [-0.3, -0.25) is 4.79 Å². The van der Waals surface area contributed by atoms with Crippen molar-refractivity contribution < 1.29 is 14.6 Å². The number of methoxy groups -OCH3 is 1. The molecule has 2 rings (SSSR count). The van der Waals surface area contributed by atoms with Gasteiger partial charge in [-0.05, 0) is 49.9 Å². The van der Waals surface area contributed by atoms with E-state index in [4.69, 9.17) is 4.74 Å². The van der Waals surface area contributed by atoms with E-state index >= 15 is 0 Å². The SMILES string of the molecule is COc1c(C)cc(C(=O)C2(CO)CC2)cc1C. The van der Waals surface area contributed by atoms with Crippen molar-refractivity contribution in [2.24, 2.45) is 5.41 Å². The van der Waals surface area contributed by atoms with Crippen molar-refractivity contribution in [1.29, 1.82) is 0 Å². The number of benzene rings is 1. The number of hydrogen-bond acceptors (Lipinski definition) is 3. The summed E-state index contributed by atoms with van der Waals surface area (Å²) in [6.45, 7) is 3.82. The topological polar surface area (TPSA) is 46.5 Å². The van der Waals surface area contributed by atoms with E-state index in [9.17, 15) is 9.90 Å². The highest BCUT2D eigenvalue weighted by Gasteiger charge is 2.49. The highest BCUT2D eigenvalue weighted by atomic mass is 16.5. The number of aliphatic hydroxyl groups excluding tert-OH is 1. The Balaban J connectivity index is 2.38. The first-order valence-electron chi connectivity index (χ1n) is 5.85. The summed E-state index contributed by atoms with van der Waals surface area (Å²) in [5, 5.41) is 9.28. The number of ketones is 1. The Hall–Kier alpha value is -1.35. The van der Waals surface area contributed by atoms with Crippen molar-refractivity contribution in [2.45, 2.75) is 26.7 Å². The third-order valence-corrected chi connectivity index (χ3v) is 3.56. The average molecular weight is 234 g/mol. The van der Waals surface area contributed by atoms with Gasteiger partial charge in [-0.2, -0.15) is 0 Å². The Morgan fingerprint density at radius 1 is 1.35 bits per heavy atom. The Labute approximate surface area is 101 Å². The molecule has 0 atom stereocenters. The maximum absolute atomic E-state index is 12.3. The molecule has 1 saturated carbocycles. The van der Waals surface area contributed by atoms with Gasteiger partial charge in [-0.1, -0.05) is 0 Å². The molecule has 1 fully saturated rings. The van der Waals surface area contributed by atoms with Crippen molar-refractivity contribution in [3.63, 3.8) is 0 Å². The van der Waals surface area contributed by atoms with Crippen LogP contribution in [0.3, 0.4) is 0 Å². The summed E-state index contributed by atoms with van der Waals surface area (Å²) in [6, 6.07) is 3.70. The van der Waals surface area contributed by atoms with Crippen molar-refractivity contribution >= 4 is 5.78 Å². The molecule has 0 aromatic heterocycles. The normalized spacial score (nSPS) is 16.7. The van der Waals surface area contributed by atoms with Crippen LogP contribution in [-0.2, 0) is 0 Å². The van der Waals surface area contributed by atoms with E-state index in [1.165, 1.54) is 0 Å². The molecule has 17 heavy (non-hydrogen) atoms. The molecule has 1 aliphatic rings. The van der Waals surface area contributed by atoms with Crippen molar-refractivity contribution in [1.82, 2.24) is 0 Å². The first-order chi connectivity index (χ1) is 8.04. The van der Waals surface area contributed by atoms with Gasteiger partial charge in [0.1, 0.15) is 5.75 Å². The van der Waals surface area contributed by atoms with Crippen LogP contribution in [0.25, 0.3) is 0 Å². The van der Waals surface area contributed by atoms with Gasteiger partial charge < -0.3 is 9.84 Å². The zero-order valence-corrected chi connectivity index (χ0v) is 10.5. The highest BCUT2D eigenvalue weighted by molar-refractivity contribution is 6.02. The van der Waals surface area contributed by atoms with Crippen molar-refractivity contribution in [3.8, 4) is 5.75 Å². The number of carbonyl (C=O) groups is 1. The smallest absolute Gasteiger partial charge is 0.171 e. The number of ether oxygens (including phenoxy) is 1. The molecule has 0 radical (unpaired) electrons. The van der Waals surface area contributed by atoms with Crippen LogP contribution in [0.4, 0.5) is 0 Å². The van der Waals surface area contributed by atoms with E-state index in [1.54, 1.807) is 7.11 Å². The van der Waals surface area contributed by atoms with E-state index in [-0.39, 0.29) is 12.4 Å². The van der Waals surface area contributed by atoms with Gasteiger partial charge in [0.2, 0.25) is 0 Å². The molecule has 0 heterocycles. The number of aryl methyl sites for hydroxylation is 2. The summed E-state index contributed by atoms with van der Waals surface area (Å²) < 4.78 is 5.28. The van der Waals surface area contributed by atoms with Crippen LogP contribution < -0.4 is 4.74 Å². The molecule has 92 valence electrons. The molecule has 1 aromatic carbocycles. The van der Waals surface area contributed by atoms with Gasteiger partial charge in [0.15, 0.2) is 5.78 Å². The highest BCUT2D eigenvalue weighted by Crippen LogP contribution is 2.48. The molecule has 1 aromatic rings. The first kappa shape index (κ1) is 12.1. The summed E-state index contributed by atoms with van der Waals surface area (Å²) in [5.74, 6) is 0.893. The second kappa shape index (κ2) is 4.15. The number of rotatable bonds is 4. The molecule has 3 heteroatoms. The minimum atomic E-state index is -0.493. The molecule has 3 nitrogen and oxygen atoms in total. The van der Waals surface area contributed by atoms with Gasteiger partial charge >= 0.3 is 0 Å². The monoisotopic (exact) mass is 234 g/mol. The third-order valence-electron chi connectivity index (χ3n) is 3.56. The largest absolute Gasteiger partial charge is 0.496 e. The number of hydrogen-bond donors (Lipinski definition) is 1. The van der Waals surface area contributed by atoms with E-state index in [1.807, 2.05) is 26.0 Å². The fourth-order valence-corrected chi connectivity index (χ4v) is 2.32. The summed E-state index contributed by atoms with van der Waals surface area (Å²) in [4.78, 5) is 12.3. The Morgan fingerprint density at radius 2 is 1.88 bits per heavy atom. The lowest BCUT2D eigenvalue weighted by atomic mass is 9.93. The lowest BCUT2D eigenvalue weighted by Gasteiger charge is -2.14. The summed E-state index contributed by atoms with van der Waals surface area (Å²) in [6.07, 6.45) is 1.60. The van der Waals surface area contributed by atoms with E-state index < -0.39 is 5.41 Å². The standard InChI is InChI=1S/C14H18O3/c1-9-6-11(7-10(2)12(9)17-3)13(16)14(8-15)4-5-14/h6-7,15H,4-5,8H2,1-3H3. The lowest BCUT2D eigenvalue weighted by molar-refractivity contribution is 0.0829. The molecule has 0 saturated heterocycles. The molecule has 0 bridgehead atoms. The van der Waals surface area contributed by atoms with E-state index in [0.29, 0.717) is 5.56 Å². The lowest BCUT2D eigenvalue weighted by Crippen LogP contribution is -2.20. The molecule has 1 N–H and O–H groups in total. The van der Waals surface area contributed by atoms with Crippen LogP contribution in [-0.4, -0.2) is 24.6 Å². The van der Waals surface area contributed by atoms with Crippen LogP contribution in [0, 0.1) is 19.3 Å². The summed E-state index contributed by atoms with van der Waals surface area (Å²) in [7, 11) is 1.63. The molecule has 0 unspecified atom stereocenters. The Kier molecular flexibility index (Phi) is 2.96. The van der Waals surface area contributed by atoms with Crippen LogP contribution in [0.2, 0.25) is 0 Å². The molecule has 0 spiro atoms. The predicted octanol–water partition coefficient (Wildman–Crippen LogP) is 2.27. The van der Waals surface area contributed by atoms with Gasteiger partial charge in [-0.25, -0.2) is 0 Å². The maximum atomic E-state index is 12.3. The second-order valence-electron chi connectivity index (χ2n) is 4.91. The van der Waals surface area contributed by atoms with Gasteiger partial charge in [-0.15, -0.1) is 0 Å². The molecule has 1 aliphatic carbocycles. The van der Waals surface area contributed by atoms with E-state index in [2.05, 4.69) is 0 Å². The Bertz CT molecular complexity index is 436. The minimum Gasteiger partial charge on any atom is -0.496 e. The molecule has 0 amide bonds. The second-order valence-corrected chi connectivity index (χ2v) is 4.91.